The van der Waals surface area contributed by atoms with Crippen LogP contribution in [0.5, 0.6) is 5.75 Å². The smallest absolute Gasteiger partial charge is 0.347 e. The Morgan fingerprint density at radius 2 is 1.81 bits per heavy atom. The number of carbonyl (C=O) groups is 2. The molecule has 0 radical (unpaired) electrons. The molecule has 0 aromatic heterocycles. The van der Waals surface area contributed by atoms with Crippen molar-refractivity contribution >= 4 is 11.9 Å². The van der Waals surface area contributed by atoms with Gasteiger partial charge in [0.2, 0.25) is 0 Å². The number of hydrogen-bond donors (Lipinski definition) is 1. The fourth-order valence-electron chi connectivity index (χ4n) is 3.01. The van der Waals surface area contributed by atoms with Crippen molar-refractivity contribution in [3.05, 3.63) is 29.8 Å². The zero-order valence-corrected chi connectivity index (χ0v) is 15.5. The maximum atomic E-state index is 12.3. The Morgan fingerprint density at radius 1 is 1.15 bits per heavy atom. The molecule has 0 spiro atoms. The molecule has 1 fully saturated rings. The number of nitrogens with zero attached hydrogens (tertiary/aromatic N) is 1. The van der Waals surface area contributed by atoms with Crippen molar-refractivity contribution in [3.8, 4) is 11.8 Å². The van der Waals surface area contributed by atoms with Crippen LogP contribution in [0.25, 0.3) is 0 Å². The lowest BCUT2D eigenvalue weighted by Crippen LogP contribution is -2.46. The van der Waals surface area contributed by atoms with Crippen LogP contribution in [0, 0.1) is 17.2 Å². The van der Waals surface area contributed by atoms with Crippen LogP contribution in [0.3, 0.4) is 0 Å². The Kier molecular flexibility index (Phi) is 7.02. The Morgan fingerprint density at radius 3 is 2.42 bits per heavy atom. The van der Waals surface area contributed by atoms with Crippen LogP contribution in [-0.2, 0) is 14.3 Å². The number of carbonyl (C=O) groups excluding carboxylic acids is 2. The lowest BCUT2D eigenvalue weighted by molar-refractivity contribution is -0.161. The summed E-state index contributed by atoms with van der Waals surface area (Å²) >= 11 is 0. The van der Waals surface area contributed by atoms with Gasteiger partial charge in [0.05, 0.1) is 11.6 Å². The molecule has 0 heterocycles. The van der Waals surface area contributed by atoms with E-state index in [1.165, 1.54) is 6.42 Å². The van der Waals surface area contributed by atoms with Gasteiger partial charge >= 0.3 is 5.97 Å². The minimum absolute atomic E-state index is 0.143. The largest absolute Gasteiger partial charge is 0.479 e. The van der Waals surface area contributed by atoms with Gasteiger partial charge in [-0.3, -0.25) is 4.79 Å². The van der Waals surface area contributed by atoms with Crippen LogP contribution in [0.15, 0.2) is 24.3 Å². The highest BCUT2D eigenvalue weighted by atomic mass is 16.6. The van der Waals surface area contributed by atoms with Gasteiger partial charge in [0, 0.05) is 6.04 Å². The van der Waals surface area contributed by atoms with Gasteiger partial charge < -0.3 is 14.8 Å². The SMILES string of the molecule is C[C@@H](OC(=O)[C@@H](C)Oc1ccc(C#N)cc1)C(=O)N[C@@H]1CCCC[C@@H]1C. The van der Waals surface area contributed by atoms with E-state index >= 15 is 0 Å². The number of amides is 1. The number of ether oxygens (including phenoxy) is 2. The first-order chi connectivity index (χ1) is 12.4. The average molecular weight is 358 g/mol. The van der Waals surface area contributed by atoms with Crippen molar-refractivity contribution in [1.82, 2.24) is 5.32 Å². The summed E-state index contributed by atoms with van der Waals surface area (Å²) < 4.78 is 10.7. The second-order valence-corrected chi connectivity index (χ2v) is 6.85. The summed E-state index contributed by atoms with van der Waals surface area (Å²) in [5, 5.41) is 11.8. The van der Waals surface area contributed by atoms with Crippen molar-refractivity contribution < 1.29 is 19.1 Å². The van der Waals surface area contributed by atoms with Gasteiger partial charge in [-0.25, -0.2) is 4.79 Å². The Hall–Kier alpha value is -2.55. The molecule has 26 heavy (non-hydrogen) atoms. The first kappa shape index (κ1) is 19.8. The van der Waals surface area contributed by atoms with Crippen molar-refractivity contribution in [2.75, 3.05) is 0 Å². The summed E-state index contributed by atoms with van der Waals surface area (Å²) in [5.41, 5.74) is 0.509. The highest BCUT2D eigenvalue weighted by Gasteiger charge is 2.27. The standard InChI is InChI=1S/C20H26N2O4/c1-13-6-4-5-7-18(13)22-19(23)14(2)26-20(24)15(3)25-17-10-8-16(12-21)9-11-17/h8-11,13-15,18H,4-7H2,1-3H3,(H,22,23)/t13-,14+,15+,18+/m0/s1. The zero-order chi connectivity index (χ0) is 19.1. The summed E-state index contributed by atoms with van der Waals surface area (Å²) in [5.74, 6) is 0.0206. The first-order valence-corrected chi connectivity index (χ1v) is 9.08. The highest BCUT2D eigenvalue weighted by Crippen LogP contribution is 2.23. The number of rotatable bonds is 6. The lowest BCUT2D eigenvalue weighted by Gasteiger charge is -2.30. The third kappa shape index (κ3) is 5.48. The van der Waals surface area contributed by atoms with Crippen molar-refractivity contribution in [1.29, 1.82) is 5.26 Å². The van der Waals surface area contributed by atoms with Crippen LogP contribution in [0.1, 0.15) is 52.0 Å². The monoisotopic (exact) mass is 358 g/mol. The molecule has 6 nitrogen and oxygen atoms in total. The van der Waals surface area contributed by atoms with Gasteiger partial charge in [-0.2, -0.15) is 5.26 Å². The second-order valence-electron chi connectivity index (χ2n) is 6.85. The molecule has 2 rings (SSSR count). The molecule has 1 saturated carbocycles. The third-order valence-electron chi connectivity index (χ3n) is 4.73. The van der Waals surface area contributed by atoms with Gasteiger partial charge in [0.15, 0.2) is 12.2 Å². The normalized spacial score (nSPS) is 21.8. The molecule has 1 amide bonds. The van der Waals surface area contributed by atoms with Gasteiger partial charge in [0.1, 0.15) is 5.75 Å². The van der Waals surface area contributed by atoms with Crippen molar-refractivity contribution in [3.63, 3.8) is 0 Å². The van der Waals surface area contributed by atoms with Crippen molar-refractivity contribution in [2.24, 2.45) is 5.92 Å². The fraction of sp³-hybridized carbons (Fsp3) is 0.550. The molecule has 1 aliphatic carbocycles. The quantitative estimate of drug-likeness (QED) is 0.790. The molecule has 0 aliphatic heterocycles. The number of esters is 1. The van der Waals surface area contributed by atoms with Crippen LogP contribution in [-0.4, -0.2) is 30.1 Å². The molecule has 6 heteroatoms. The molecule has 1 aliphatic rings. The molecule has 0 unspecified atom stereocenters. The summed E-state index contributed by atoms with van der Waals surface area (Å²) in [6.07, 6.45) is 2.65. The van der Waals surface area contributed by atoms with Crippen LogP contribution in [0.4, 0.5) is 0 Å². The lowest BCUT2D eigenvalue weighted by atomic mass is 9.86. The van der Waals surface area contributed by atoms with Gasteiger partial charge in [-0.1, -0.05) is 19.8 Å². The van der Waals surface area contributed by atoms with E-state index in [0.29, 0.717) is 17.2 Å². The number of hydrogen-bond acceptors (Lipinski definition) is 5. The molecule has 1 aromatic rings. The van der Waals surface area contributed by atoms with Gasteiger partial charge in [-0.15, -0.1) is 0 Å². The van der Waals surface area contributed by atoms with Crippen molar-refractivity contribution in [2.45, 2.75) is 64.7 Å². The molecular weight excluding hydrogens is 332 g/mol. The van der Waals surface area contributed by atoms with Crippen LogP contribution >= 0.6 is 0 Å². The summed E-state index contributed by atoms with van der Waals surface area (Å²) in [4.78, 5) is 24.4. The molecule has 0 saturated heterocycles. The van der Waals surface area contributed by atoms with E-state index in [4.69, 9.17) is 14.7 Å². The van der Waals surface area contributed by atoms with Gasteiger partial charge in [0.25, 0.3) is 5.91 Å². The highest BCUT2D eigenvalue weighted by molar-refractivity contribution is 5.84. The van der Waals surface area contributed by atoms with E-state index < -0.39 is 18.2 Å². The van der Waals surface area contributed by atoms with E-state index in [9.17, 15) is 9.59 Å². The van der Waals surface area contributed by atoms with Gasteiger partial charge in [-0.05, 0) is 56.9 Å². The Bertz CT molecular complexity index is 665. The second kappa shape index (κ2) is 9.23. The van der Waals surface area contributed by atoms with Crippen LogP contribution in [0.2, 0.25) is 0 Å². The topological polar surface area (TPSA) is 88.4 Å². The van der Waals surface area contributed by atoms with E-state index in [-0.39, 0.29) is 11.9 Å². The van der Waals surface area contributed by atoms with E-state index in [1.54, 1.807) is 38.1 Å². The molecular formula is C20H26N2O4. The first-order valence-electron chi connectivity index (χ1n) is 9.08. The predicted octanol–water partition coefficient (Wildman–Crippen LogP) is 2.95. The summed E-state index contributed by atoms with van der Waals surface area (Å²) in [6.45, 7) is 5.26. The number of benzene rings is 1. The van der Waals surface area contributed by atoms with E-state index in [1.807, 2.05) is 6.07 Å². The predicted molar refractivity (Wildman–Crippen MR) is 96.4 cm³/mol. The Balaban J connectivity index is 1.82. The summed E-state index contributed by atoms with van der Waals surface area (Å²) in [7, 11) is 0. The maximum Gasteiger partial charge on any atom is 0.347 e. The van der Waals surface area contributed by atoms with E-state index in [0.717, 1.165) is 19.3 Å². The Labute approximate surface area is 154 Å². The zero-order valence-electron chi connectivity index (χ0n) is 15.5. The number of nitriles is 1. The van der Waals surface area contributed by atoms with Crippen LogP contribution < -0.4 is 10.1 Å². The molecule has 1 aromatic carbocycles. The minimum Gasteiger partial charge on any atom is -0.479 e. The van der Waals surface area contributed by atoms with E-state index in [2.05, 4.69) is 12.2 Å². The average Bonchev–Trinajstić information content (AvgIpc) is 2.64. The molecule has 1 N–H and O–H groups in total. The molecule has 0 bridgehead atoms. The number of nitrogens with one attached hydrogen (secondary N) is 1. The molecule has 4 atom stereocenters. The third-order valence-corrected chi connectivity index (χ3v) is 4.73. The minimum atomic E-state index is -0.872. The summed E-state index contributed by atoms with van der Waals surface area (Å²) in [6, 6.07) is 8.60. The molecule has 140 valence electrons. The fourth-order valence-corrected chi connectivity index (χ4v) is 3.01. The maximum absolute atomic E-state index is 12.3.